The maximum absolute atomic E-state index is 12.5. The second-order valence-corrected chi connectivity index (χ2v) is 7.82. The molecule has 136 valence electrons. The van der Waals surface area contributed by atoms with Gasteiger partial charge in [-0.25, -0.2) is 0 Å². The van der Waals surface area contributed by atoms with E-state index >= 15 is 0 Å². The second kappa shape index (κ2) is 6.54. The van der Waals surface area contributed by atoms with Crippen LogP contribution in [0, 0.1) is 17.8 Å². The predicted molar refractivity (Wildman–Crippen MR) is 106 cm³/mol. The Bertz CT molecular complexity index is 987. The lowest BCUT2D eigenvalue weighted by molar-refractivity contribution is -0.118. The number of nitrogens with zero attached hydrogens (tertiary/aromatic N) is 1. The van der Waals surface area contributed by atoms with Crippen molar-refractivity contribution in [1.29, 1.82) is 0 Å². The quantitative estimate of drug-likeness (QED) is 0.700. The van der Waals surface area contributed by atoms with Crippen molar-refractivity contribution in [1.82, 2.24) is 4.98 Å². The summed E-state index contributed by atoms with van der Waals surface area (Å²) in [5.74, 6) is 1.95. The molecule has 4 nitrogen and oxygen atoms in total. The highest BCUT2D eigenvalue weighted by Crippen LogP contribution is 2.58. The fourth-order valence-electron chi connectivity index (χ4n) is 4.39. The molecular weight excluding hydrogens is 360 g/mol. The number of rotatable bonds is 4. The number of hydrogen-bond acceptors (Lipinski definition) is 3. The van der Waals surface area contributed by atoms with Gasteiger partial charge in [0.2, 0.25) is 5.91 Å². The summed E-state index contributed by atoms with van der Waals surface area (Å²) in [5, 5.41) is 4.71. The van der Waals surface area contributed by atoms with E-state index in [2.05, 4.69) is 10.3 Å². The van der Waals surface area contributed by atoms with E-state index in [1.54, 1.807) is 18.3 Å². The summed E-state index contributed by atoms with van der Waals surface area (Å²) < 4.78 is 6.26. The Hall–Kier alpha value is -2.59. The van der Waals surface area contributed by atoms with Crippen molar-refractivity contribution in [3.8, 4) is 5.75 Å². The van der Waals surface area contributed by atoms with Crippen LogP contribution in [0.3, 0.4) is 0 Å². The molecule has 1 aromatic heterocycles. The zero-order chi connectivity index (χ0) is 18.4. The number of hydrogen-bond donors (Lipinski definition) is 1. The van der Waals surface area contributed by atoms with E-state index in [1.807, 2.05) is 42.5 Å². The molecule has 0 saturated heterocycles. The van der Waals surface area contributed by atoms with Gasteiger partial charge in [-0.1, -0.05) is 23.7 Å². The standard InChI is InChI=1S/C22H19ClN2O2/c23-13-5-7-14(8-6-13)25-22(26)21-17-11-15(12-18(17)21)27-20-9-10-24-19-4-2-1-3-16(19)20/h1-10,15,17-18,21H,11-12H2,(H,25,26)/t15?,17-,18+,21?. The van der Waals surface area contributed by atoms with Crippen LogP contribution in [0.2, 0.25) is 5.02 Å². The molecule has 2 aromatic carbocycles. The van der Waals surface area contributed by atoms with Gasteiger partial charge in [0.05, 0.1) is 11.6 Å². The van der Waals surface area contributed by atoms with Gasteiger partial charge in [0.15, 0.2) is 0 Å². The normalized spacial score (nSPS) is 25.8. The minimum absolute atomic E-state index is 0.106. The van der Waals surface area contributed by atoms with Gasteiger partial charge >= 0.3 is 0 Å². The van der Waals surface area contributed by atoms with Gasteiger partial charge in [0.1, 0.15) is 5.75 Å². The summed E-state index contributed by atoms with van der Waals surface area (Å²) in [6.45, 7) is 0. The number of carbonyl (C=O) groups excluding carboxylic acids is 1. The van der Waals surface area contributed by atoms with Crippen LogP contribution in [0.1, 0.15) is 12.8 Å². The summed E-state index contributed by atoms with van der Waals surface area (Å²) in [6, 6.07) is 17.2. The number of anilines is 1. The molecule has 5 heteroatoms. The third-order valence-electron chi connectivity index (χ3n) is 5.72. The van der Waals surface area contributed by atoms with E-state index in [9.17, 15) is 4.79 Å². The maximum atomic E-state index is 12.5. The van der Waals surface area contributed by atoms with E-state index in [0.29, 0.717) is 16.9 Å². The fourth-order valence-corrected chi connectivity index (χ4v) is 4.51. The summed E-state index contributed by atoms with van der Waals surface area (Å²) in [5.41, 5.74) is 1.74. The van der Waals surface area contributed by atoms with E-state index in [-0.39, 0.29) is 17.9 Å². The highest BCUT2D eigenvalue weighted by molar-refractivity contribution is 6.30. The zero-order valence-electron chi connectivity index (χ0n) is 14.6. The molecule has 0 aliphatic heterocycles. The number of benzene rings is 2. The minimum Gasteiger partial charge on any atom is -0.490 e. The number of halogens is 1. The molecule has 3 aromatic rings. The third-order valence-corrected chi connectivity index (χ3v) is 5.97. The first-order valence-corrected chi connectivity index (χ1v) is 9.64. The lowest BCUT2D eigenvalue weighted by atomic mass is 10.1. The minimum atomic E-state index is 0.106. The SMILES string of the molecule is O=C(Nc1ccc(Cl)cc1)C1[C@H]2CC(Oc3ccnc4ccccc34)C[C@@H]12. The summed E-state index contributed by atoms with van der Waals surface area (Å²) in [6.07, 6.45) is 3.82. The molecule has 5 rings (SSSR count). The number of aromatic nitrogens is 1. The molecule has 2 unspecified atom stereocenters. The van der Waals surface area contributed by atoms with Crippen molar-refractivity contribution in [3.63, 3.8) is 0 Å². The van der Waals surface area contributed by atoms with Gasteiger partial charge in [-0.2, -0.15) is 0 Å². The van der Waals surface area contributed by atoms with Gasteiger partial charge in [-0.3, -0.25) is 9.78 Å². The molecular formula is C22H19ClN2O2. The zero-order valence-corrected chi connectivity index (χ0v) is 15.4. The fraction of sp³-hybridized carbons (Fsp3) is 0.273. The summed E-state index contributed by atoms with van der Waals surface area (Å²) in [7, 11) is 0. The molecule has 1 heterocycles. The number of ether oxygens (including phenoxy) is 1. The van der Waals surface area contributed by atoms with Gasteiger partial charge in [-0.15, -0.1) is 0 Å². The van der Waals surface area contributed by atoms with Crippen molar-refractivity contribution in [2.24, 2.45) is 17.8 Å². The van der Waals surface area contributed by atoms with Crippen LogP contribution in [-0.2, 0) is 4.79 Å². The van der Waals surface area contributed by atoms with Crippen molar-refractivity contribution in [2.45, 2.75) is 18.9 Å². The molecule has 1 N–H and O–H groups in total. The molecule has 0 radical (unpaired) electrons. The molecule has 0 spiro atoms. The van der Waals surface area contributed by atoms with Crippen molar-refractivity contribution < 1.29 is 9.53 Å². The van der Waals surface area contributed by atoms with Gasteiger partial charge in [0.25, 0.3) is 0 Å². The molecule has 27 heavy (non-hydrogen) atoms. The van der Waals surface area contributed by atoms with Crippen LogP contribution >= 0.6 is 11.6 Å². The molecule has 2 saturated carbocycles. The van der Waals surface area contributed by atoms with Crippen LogP contribution in [0.15, 0.2) is 60.8 Å². The Kier molecular flexibility index (Phi) is 4.01. The predicted octanol–water partition coefficient (Wildman–Crippen LogP) is 4.93. The molecule has 4 atom stereocenters. The number of fused-ring (bicyclic) bond motifs is 2. The van der Waals surface area contributed by atoms with E-state index in [0.717, 1.165) is 35.2 Å². The third kappa shape index (κ3) is 3.15. The van der Waals surface area contributed by atoms with Crippen molar-refractivity contribution >= 4 is 34.1 Å². The van der Waals surface area contributed by atoms with Gasteiger partial charge < -0.3 is 10.1 Å². The number of para-hydroxylation sites is 1. The second-order valence-electron chi connectivity index (χ2n) is 7.39. The molecule has 0 bridgehead atoms. The molecule has 2 aliphatic rings. The van der Waals surface area contributed by atoms with Crippen LogP contribution in [0.25, 0.3) is 10.9 Å². The van der Waals surface area contributed by atoms with Crippen LogP contribution in [0.5, 0.6) is 5.75 Å². The van der Waals surface area contributed by atoms with Crippen molar-refractivity contribution in [2.75, 3.05) is 5.32 Å². The van der Waals surface area contributed by atoms with Crippen molar-refractivity contribution in [3.05, 3.63) is 65.8 Å². The largest absolute Gasteiger partial charge is 0.490 e. The number of amides is 1. The highest BCUT2D eigenvalue weighted by Gasteiger charge is 2.60. The Labute approximate surface area is 162 Å². The molecule has 2 aliphatic carbocycles. The Morgan fingerprint density at radius 1 is 1.04 bits per heavy atom. The highest BCUT2D eigenvalue weighted by atomic mass is 35.5. The summed E-state index contributed by atoms with van der Waals surface area (Å²) in [4.78, 5) is 16.9. The Morgan fingerprint density at radius 3 is 2.56 bits per heavy atom. The monoisotopic (exact) mass is 378 g/mol. The van der Waals surface area contributed by atoms with Gasteiger partial charge in [0, 0.05) is 28.2 Å². The number of pyridine rings is 1. The topological polar surface area (TPSA) is 51.2 Å². The van der Waals surface area contributed by atoms with Crippen LogP contribution < -0.4 is 10.1 Å². The summed E-state index contributed by atoms with van der Waals surface area (Å²) >= 11 is 5.89. The average molecular weight is 379 g/mol. The number of nitrogens with one attached hydrogen (secondary N) is 1. The Balaban J connectivity index is 1.21. The van der Waals surface area contributed by atoms with Gasteiger partial charge in [-0.05, 0) is 67.1 Å². The lowest BCUT2D eigenvalue weighted by Crippen LogP contribution is -2.22. The smallest absolute Gasteiger partial charge is 0.228 e. The van der Waals surface area contributed by atoms with Crippen LogP contribution in [-0.4, -0.2) is 17.0 Å². The first-order valence-electron chi connectivity index (χ1n) is 9.26. The molecule has 1 amide bonds. The maximum Gasteiger partial charge on any atom is 0.228 e. The van der Waals surface area contributed by atoms with E-state index < -0.39 is 0 Å². The first kappa shape index (κ1) is 16.6. The first-order chi connectivity index (χ1) is 13.2. The molecule has 2 fully saturated rings. The van der Waals surface area contributed by atoms with Crippen LogP contribution in [0.4, 0.5) is 5.69 Å². The van der Waals surface area contributed by atoms with E-state index in [1.165, 1.54) is 0 Å². The lowest BCUT2D eigenvalue weighted by Gasteiger charge is -2.18. The average Bonchev–Trinajstić information content (AvgIpc) is 3.20. The Morgan fingerprint density at radius 2 is 1.78 bits per heavy atom. The van der Waals surface area contributed by atoms with E-state index in [4.69, 9.17) is 16.3 Å². The number of carbonyl (C=O) groups is 1.